The van der Waals surface area contributed by atoms with Crippen molar-refractivity contribution in [3.05, 3.63) is 59.1 Å². The van der Waals surface area contributed by atoms with Crippen LogP contribution in [0.4, 0.5) is 4.79 Å². The van der Waals surface area contributed by atoms with Gasteiger partial charge in [-0.15, -0.1) is 0 Å². The van der Waals surface area contributed by atoms with Crippen LogP contribution in [0.3, 0.4) is 0 Å². The van der Waals surface area contributed by atoms with Crippen LogP contribution >= 0.6 is 0 Å². The molecule has 140 valence electrons. The van der Waals surface area contributed by atoms with Gasteiger partial charge in [-0.25, -0.2) is 19.1 Å². The average Bonchev–Trinajstić information content (AvgIpc) is 3.07. The number of amides is 2. The molecule has 0 unspecified atom stereocenters. The number of carbonyl (C=O) groups is 3. The molecule has 0 bridgehead atoms. The molecule has 1 aliphatic rings. The van der Waals surface area contributed by atoms with E-state index in [2.05, 4.69) is 15.7 Å². The first-order valence-electron chi connectivity index (χ1n) is 8.26. The molecule has 1 aromatic heterocycles. The molecule has 0 fully saturated rings. The van der Waals surface area contributed by atoms with Gasteiger partial charge >= 0.3 is 18.0 Å². The molecular formula is C18H18N4O5. The van der Waals surface area contributed by atoms with E-state index >= 15 is 0 Å². The van der Waals surface area contributed by atoms with E-state index in [1.54, 1.807) is 38.1 Å². The summed E-state index contributed by atoms with van der Waals surface area (Å²) in [6.07, 6.45) is 1.49. The molecule has 3 rings (SSSR count). The molecule has 0 spiro atoms. The predicted molar refractivity (Wildman–Crippen MR) is 94.3 cm³/mol. The fourth-order valence-electron chi connectivity index (χ4n) is 2.88. The monoisotopic (exact) mass is 370 g/mol. The number of nitrogens with zero attached hydrogens (tertiary/aromatic N) is 2. The number of aromatic carboxylic acids is 1. The third kappa shape index (κ3) is 3.52. The number of benzene rings is 1. The normalized spacial score (nSPS) is 16.5. The standard InChI is InChI=1S/C18H18N4O5/c1-3-27-17(25)13-10(2)19-18(26)20-14(13)12-9-22(21-15(12)16(23)24)11-7-5-4-6-8-11/h4-9,14H,3H2,1-2H3,(H,23,24)(H2,19,20,26)/t14-/m0/s1. The largest absolute Gasteiger partial charge is 0.476 e. The Morgan fingerprint density at radius 1 is 1.30 bits per heavy atom. The van der Waals surface area contributed by atoms with E-state index in [0.29, 0.717) is 11.4 Å². The molecule has 9 heteroatoms. The number of carboxylic acid groups (broad SMARTS) is 1. The number of ether oxygens (including phenoxy) is 1. The zero-order valence-electron chi connectivity index (χ0n) is 14.7. The number of esters is 1. The molecule has 2 aromatic rings. The van der Waals surface area contributed by atoms with Crippen LogP contribution in [0, 0.1) is 0 Å². The number of nitrogens with one attached hydrogen (secondary N) is 2. The van der Waals surface area contributed by atoms with Gasteiger partial charge in [-0.1, -0.05) is 18.2 Å². The summed E-state index contributed by atoms with van der Waals surface area (Å²) in [5, 5.41) is 18.8. The third-order valence-corrected chi connectivity index (χ3v) is 4.04. The molecule has 2 amide bonds. The zero-order chi connectivity index (χ0) is 19.6. The van der Waals surface area contributed by atoms with Crippen molar-refractivity contribution in [1.29, 1.82) is 0 Å². The van der Waals surface area contributed by atoms with E-state index in [0.717, 1.165) is 0 Å². The van der Waals surface area contributed by atoms with Crippen molar-refractivity contribution in [3.63, 3.8) is 0 Å². The van der Waals surface area contributed by atoms with Gasteiger partial charge in [-0.2, -0.15) is 5.10 Å². The highest BCUT2D eigenvalue weighted by Gasteiger charge is 2.36. The molecular weight excluding hydrogens is 352 g/mol. The number of rotatable bonds is 5. The van der Waals surface area contributed by atoms with Crippen molar-refractivity contribution in [3.8, 4) is 5.69 Å². The molecule has 0 aliphatic carbocycles. The quantitative estimate of drug-likeness (QED) is 0.689. The number of carbonyl (C=O) groups excluding carboxylic acids is 2. The van der Waals surface area contributed by atoms with Gasteiger partial charge in [0.1, 0.15) is 0 Å². The first-order chi connectivity index (χ1) is 12.9. The van der Waals surface area contributed by atoms with Crippen LogP contribution in [0.5, 0.6) is 0 Å². The topological polar surface area (TPSA) is 123 Å². The van der Waals surface area contributed by atoms with E-state index in [4.69, 9.17) is 4.74 Å². The van der Waals surface area contributed by atoms with Crippen LogP contribution in [0.25, 0.3) is 5.69 Å². The van der Waals surface area contributed by atoms with E-state index < -0.39 is 24.0 Å². The van der Waals surface area contributed by atoms with Gasteiger partial charge in [0.15, 0.2) is 5.69 Å². The van der Waals surface area contributed by atoms with Gasteiger partial charge < -0.3 is 20.5 Å². The van der Waals surface area contributed by atoms with Gasteiger partial charge in [0.05, 0.1) is 23.9 Å². The van der Waals surface area contributed by atoms with Gasteiger partial charge in [0, 0.05) is 17.5 Å². The zero-order valence-corrected chi connectivity index (χ0v) is 14.7. The molecule has 0 saturated heterocycles. The van der Waals surface area contributed by atoms with Crippen molar-refractivity contribution in [2.75, 3.05) is 6.61 Å². The second-order valence-corrected chi connectivity index (χ2v) is 5.81. The summed E-state index contributed by atoms with van der Waals surface area (Å²) < 4.78 is 6.46. The molecule has 27 heavy (non-hydrogen) atoms. The lowest BCUT2D eigenvalue weighted by molar-refractivity contribution is -0.139. The molecule has 3 N–H and O–H groups in total. The lowest BCUT2D eigenvalue weighted by Gasteiger charge is -2.27. The lowest BCUT2D eigenvalue weighted by atomic mass is 9.96. The minimum Gasteiger partial charge on any atom is -0.476 e. The number of carboxylic acids is 1. The maximum atomic E-state index is 12.4. The Morgan fingerprint density at radius 2 is 2.00 bits per heavy atom. The highest BCUT2D eigenvalue weighted by Crippen LogP contribution is 2.30. The van der Waals surface area contributed by atoms with Crippen molar-refractivity contribution < 1.29 is 24.2 Å². The van der Waals surface area contributed by atoms with E-state index in [1.807, 2.05) is 6.07 Å². The summed E-state index contributed by atoms with van der Waals surface area (Å²) in [6, 6.07) is 7.38. The smallest absolute Gasteiger partial charge is 0.356 e. The number of urea groups is 1. The maximum absolute atomic E-state index is 12.4. The molecule has 9 nitrogen and oxygen atoms in total. The first-order valence-corrected chi connectivity index (χ1v) is 8.26. The highest BCUT2D eigenvalue weighted by molar-refractivity contribution is 5.96. The predicted octanol–water partition coefficient (Wildman–Crippen LogP) is 1.76. The number of hydrogen-bond acceptors (Lipinski definition) is 5. The number of aromatic nitrogens is 2. The summed E-state index contributed by atoms with van der Waals surface area (Å²) in [7, 11) is 0. The Balaban J connectivity index is 2.14. The van der Waals surface area contributed by atoms with Crippen LogP contribution in [-0.2, 0) is 9.53 Å². The van der Waals surface area contributed by atoms with Crippen molar-refractivity contribution in [2.45, 2.75) is 19.9 Å². The molecule has 0 saturated carbocycles. The highest BCUT2D eigenvalue weighted by atomic mass is 16.5. The molecule has 1 aromatic carbocycles. The van der Waals surface area contributed by atoms with E-state index in [-0.39, 0.29) is 23.4 Å². The fourth-order valence-corrected chi connectivity index (χ4v) is 2.88. The van der Waals surface area contributed by atoms with Gasteiger partial charge in [-0.3, -0.25) is 0 Å². The summed E-state index contributed by atoms with van der Waals surface area (Å²) >= 11 is 0. The Bertz CT molecular complexity index is 932. The van der Waals surface area contributed by atoms with Crippen molar-refractivity contribution >= 4 is 18.0 Å². The number of hydrogen-bond donors (Lipinski definition) is 3. The van der Waals surface area contributed by atoms with Gasteiger partial charge in [-0.05, 0) is 26.0 Å². The summed E-state index contributed by atoms with van der Waals surface area (Å²) in [5.41, 5.74) is 0.992. The van der Waals surface area contributed by atoms with Crippen LogP contribution in [0.1, 0.15) is 35.9 Å². The Kier molecular flexibility index (Phi) is 4.93. The fraction of sp³-hybridized carbons (Fsp3) is 0.222. The van der Waals surface area contributed by atoms with Gasteiger partial charge in [0.25, 0.3) is 0 Å². The van der Waals surface area contributed by atoms with Crippen LogP contribution in [-0.4, -0.2) is 39.5 Å². The first kappa shape index (κ1) is 18.2. The third-order valence-electron chi connectivity index (χ3n) is 4.04. The molecule has 1 aliphatic heterocycles. The number of allylic oxidation sites excluding steroid dienone is 1. The summed E-state index contributed by atoms with van der Waals surface area (Å²) in [6.45, 7) is 3.36. The molecule has 0 radical (unpaired) electrons. The lowest BCUT2D eigenvalue weighted by Crippen LogP contribution is -2.45. The second-order valence-electron chi connectivity index (χ2n) is 5.81. The average molecular weight is 370 g/mol. The van der Waals surface area contributed by atoms with Crippen molar-refractivity contribution in [2.24, 2.45) is 0 Å². The summed E-state index contributed by atoms with van der Waals surface area (Å²) in [5.74, 6) is -1.91. The van der Waals surface area contributed by atoms with Crippen molar-refractivity contribution in [1.82, 2.24) is 20.4 Å². The Hall–Kier alpha value is -3.62. The Morgan fingerprint density at radius 3 is 2.63 bits per heavy atom. The van der Waals surface area contributed by atoms with Crippen LogP contribution < -0.4 is 10.6 Å². The molecule has 1 atom stereocenters. The number of para-hydroxylation sites is 1. The van der Waals surface area contributed by atoms with Crippen LogP contribution in [0.15, 0.2) is 47.8 Å². The van der Waals surface area contributed by atoms with Crippen LogP contribution in [0.2, 0.25) is 0 Å². The minimum atomic E-state index is -1.27. The van der Waals surface area contributed by atoms with E-state index in [9.17, 15) is 19.5 Å². The summed E-state index contributed by atoms with van der Waals surface area (Å²) in [4.78, 5) is 36.1. The van der Waals surface area contributed by atoms with E-state index in [1.165, 1.54) is 10.9 Å². The van der Waals surface area contributed by atoms with Gasteiger partial charge in [0.2, 0.25) is 0 Å². The maximum Gasteiger partial charge on any atom is 0.356 e. The minimum absolute atomic E-state index is 0.131. The SMILES string of the molecule is CCOC(=O)C1=C(C)NC(=O)N[C@H]1c1cn(-c2ccccc2)nc1C(=O)O. The Labute approximate surface area is 154 Å². The second kappa shape index (κ2) is 7.32. The molecule has 2 heterocycles.